The molecule has 1 atom stereocenters. The van der Waals surface area contributed by atoms with Gasteiger partial charge >= 0.3 is 0 Å². The maximum Gasteiger partial charge on any atom is 0.0969 e. The van der Waals surface area contributed by atoms with Crippen LogP contribution in [0.25, 0.3) is 0 Å². The first-order valence-corrected chi connectivity index (χ1v) is 8.02. The van der Waals surface area contributed by atoms with E-state index in [2.05, 4.69) is 80.3 Å². The van der Waals surface area contributed by atoms with Crippen molar-refractivity contribution in [3.63, 3.8) is 0 Å². The number of hydrogen-bond acceptors (Lipinski definition) is 2. The van der Waals surface area contributed by atoms with Crippen LogP contribution in [0.5, 0.6) is 0 Å². The molecule has 0 saturated carbocycles. The van der Waals surface area contributed by atoms with E-state index in [1.54, 1.807) is 0 Å². The molecule has 2 heteroatoms. The van der Waals surface area contributed by atoms with Gasteiger partial charge in [-0.15, -0.1) is 0 Å². The molecule has 2 aromatic carbocycles. The number of nitrogens with zero attached hydrogens (tertiary/aromatic N) is 2. The van der Waals surface area contributed by atoms with Gasteiger partial charge in [-0.05, 0) is 22.6 Å². The van der Waals surface area contributed by atoms with E-state index in [0.717, 1.165) is 12.1 Å². The number of anilines is 1. The fourth-order valence-electron chi connectivity index (χ4n) is 3.41. The Morgan fingerprint density at radius 1 is 1.00 bits per heavy atom. The lowest BCUT2D eigenvalue weighted by Crippen LogP contribution is -2.29. The molecule has 0 aliphatic carbocycles. The van der Waals surface area contributed by atoms with Gasteiger partial charge in [0, 0.05) is 24.4 Å². The Morgan fingerprint density at radius 3 is 2.30 bits per heavy atom. The van der Waals surface area contributed by atoms with E-state index in [0.29, 0.717) is 0 Å². The van der Waals surface area contributed by atoms with Gasteiger partial charge in [0.1, 0.15) is 0 Å². The zero-order valence-corrected chi connectivity index (χ0v) is 14.0. The molecule has 23 heavy (non-hydrogen) atoms. The molecule has 2 aromatic rings. The van der Waals surface area contributed by atoms with Gasteiger partial charge in [0.15, 0.2) is 0 Å². The second-order valence-electron chi connectivity index (χ2n) is 7.17. The molecule has 1 heterocycles. The van der Waals surface area contributed by atoms with Gasteiger partial charge in [-0.2, -0.15) is 5.26 Å². The van der Waals surface area contributed by atoms with E-state index in [9.17, 15) is 5.26 Å². The molecule has 3 rings (SSSR count). The Hall–Kier alpha value is -2.53. The highest BCUT2D eigenvalue weighted by Gasteiger charge is 2.35. The van der Waals surface area contributed by atoms with Crippen molar-refractivity contribution in [1.82, 2.24) is 0 Å². The van der Waals surface area contributed by atoms with Crippen LogP contribution in [0.15, 0.2) is 66.4 Å². The molecule has 1 aliphatic heterocycles. The van der Waals surface area contributed by atoms with Crippen molar-refractivity contribution in [3.8, 4) is 6.07 Å². The van der Waals surface area contributed by atoms with E-state index in [-0.39, 0.29) is 11.3 Å². The number of fused-ring (bicyclic) bond motifs is 1. The highest BCUT2D eigenvalue weighted by atomic mass is 15.1. The summed E-state index contributed by atoms with van der Waals surface area (Å²) >= 11 is 0. The fraction of sp³-hybridized carbons (Fsp3) is 0.286. The van der Waals surface area contributed by atoms with Crippen LogP contribution in [0.3, 0.4) is 0 Å². The number of rotatable bonds is 2. The molecule has 1 unspecified atom stereocenters. The Bertz CT molecular complexity index is 760. The van der Waals surface area contributed by atoms with Gasteiger partial charge in [-0.3, -0.25) is 0 Å². The molecule has 1 aliphatic rings. The summed E-state index contributed by atoms with van der Waals surface area (Å²) < 4.78 is 0. The summed E-state index contributed by atoms with van der Waals surface area (Å²) in [6.45, 7) is 7.38. The summed E-state index contributed by atoms with van der Waals surface area (Å²) in [6, 6.07) is 21.3. The van der Waals surface area contributed by atoms with Crippen molar-refractivity contribution < 1.29 is 0 Å². The fourth-order valence-corrected chi connectivity index (χ4v) is 3.41. The first-order valence-electron chi connectivity index (χ1n) is 8.02. The predicted octanol–water partition coefficient (Wildman–Crippen LogP) is 5.24. The van der Waals surface area contributed by atoms with Gasteiger partial charge in [-0.25, -0.2) is 0 Å². The van der Waals surface area contributed by atoms with Crippen LogP contribution in [-0.2, 0) is 6.54 Å². The lowest BCUT2D eigenvalue weighted by molar-refractivity contribution is 0.356. The van der Waals surface area contributed by atoms with Crippen LogP contribution in [0, 0.1) is 16.7 Å². The minimum Gasteiger partial charge on any atom is -0.342 e. The summed E-state index contributed by atoms with van der Waals surface area (Å²) in [4.78, 5) is 2.20. The highest BCUT2D eigenvalue weighted by molar-refractivity contribution is 5.65. The number of nitriles is 1. The second-order valence-corrected chi connectivity index (χ2v) is 7.17. The third-order valence-corrected chi connectivity index (χ3v) is 4.35. The van der Waals surface area contributed by atoms with Gasteiger partial charge in [-0.1, -0.05) is 69.3 Å². The molecule has 2 nitrogen and oxygen atoms in total. The first kappa shape index (κ1) is 15.4. The molecule has 116 valence electrons. The van der Waals surface area contributed by atoms with E-state index < -0.39 is 0 Å². The third kappa shape index (κ3) is 3.00. The zero-order valence-electron chi connectivity index (χ0n) is 14.0. The third-order valence-electron chi connectivity index (χ3n) is 4.35. The normalized spacial score (nSPS) is 17.2. The molecule has 0 bridgehead atoms. The van der Waals surface area contributed by atoms with Gasteiger partial charge in [0.05, 0.1) is 11.6 Å². The minimum absolute atomic E-state index is 0.0104. The van der Waals surface area contributed by atoms with Crippen molar-refractivity contribution in [2.75, 3.05) is 4.90 Å². The van der Waals surface area contributed by atoms with E-state index in [4.69, 9.17) is 0 Å². The molecule has 0 amide bonds. The topological polar surface area (TPSA) is 27.0 Å². The molecular formula is C21H22N2. The monoisotopic (exact) mass is 302 g/mol. The molecule has 0 spiro atoms. The molecule has 0 saturated heterocycles. The van der Waals surface area contributed by atoms with Crippen LogP contribution in [0.2, 0.25) is 0 Å². The number of allylic oxidation sites excluding steroid dienone is 1. The maximum atomic E-state index is 9.69. The van der Waals surface area contributed by atoms with Crippen LogP contribution in [-0.4, -0.2) is 0 Å². The van der Waals surface area contributed by atoms with Gasteiger partial charge in [0.2, 0.25) is 0 Å². The minimum atomic E-state index is 0.0104. The van der Waals surface area contributed by atoms with Gasteiger partial charge < -0.3 is 4.90 Å². The van der Waals surface area contributed by atoms with Crippen molar-refractivity contribution >= 4 is 5.69 Å². The Balaban J connectivity index is 2.07. The summed E-state index contributed by atoms with van der Waals surface area (Å²) in [5, 5.41) is 9.69. The quantitative estimate of drug-likeness (QED) is 0.758. The lowest BCUT2D eigenvalue weighted by atomic mass is 9.71. The average molecular weight is 302 g/mol. The van der Waals surface area contributed by atoms with E-state index in [1.165, 1.54) is 16.8 Å². The summed E-state index contributed by atoms with van der Waals surface area (Å²) in [5.74, 6) is 0.135. The summed E-state index contributed by atoms with van der Waals surface area (Å²) in [6.07, 6.45) is 2.03. The Labute approximate surface area is 138 Å². The van der Waals surface area contributed by atoms with Crippen molar-refractivity contribution in [2.24, 2.45) is 5.41 Å². The molecular weight excluding hydrogens is 280 g/mol. The van der Waals surface area contributed by atoms with Crippen molar-refractivity contribution in [3.05, 3.63) is 77.5 Å². The number of benzene rings is 2. The largest absolute Gasteiger partial charge is 0.342 e. The number of hydrogen-bond donors (Lipinski definition) is 0. The SMILES string of the molecule is CC(C)(C)C1C(C#N)=CN(Cc2ccccc2)c2ccccc21. The zero-order chi connectivity index (χ0) is 16.4. The summed E-state index contributed by atoms with van der Waals surface area (Å²) in [7, 11) is 0. The first-order chi connectivity index (χ1) is 11.0. The Kier molecular flexibility index (Phi) is 3.96. The second kappa shape index (κ2) is 5.93. The van der Waals surface area contributed by atoms with Crippen LogP contribution >= 0.6 is 0 Å². The lowest BCUT2D eigenvalue weighted by Gasteiger charge is -2.38. The molecule has 0 N–H and O–H groups in total. The highest BCUT2D eigenvalue weighted by Crippen LogP contribution is 2.47. The van der Waals surface area contributed by atoms with Crippen molar-refractivity contribution in [2.45, 2.75) is 33.2 Å². The van der Waals surface area contributed by atoms with Gasteiger partial charge in [0.25, 0.3) is 0 Å². The molecule has 0 radical (unpaired) electrons. The predicted molar refractivity (Wildman–Crippen MR) is 95.0 cm³/mol. The summed E-state index contributed by atoms with van der Waals surface area (Å²) in [5.41, 5.74) is 4.54. The van der Waals surface area contributed by atoms with Crippen LogP contribution in [0.4, 0.5) is 5.69 Å². The molecule has 0 fully saturated rings. The van der Waals surface area contributed by atoms with Crippen LogP contribution < -0.4 is 4.90 Å². The van der Waals surface area contributed by atoms with Crippen LogP contribution in [0.1, 0.15) is 37.8 Å². The number of para-hydroxylation sites is 1. The van der Waals surface area contributed by atoms with Crippen molar-refractivity contribution in [1.29, 1.82) is 5.26 Å². The van der Waals surface area contributed by atoms with E-state index >= 15 is 0 Å². The molecule has 0 aromatic heterocycles. The maximum absolute atomic E-state index is 9.69. The average Bonchev–Trinajstić information content (AvgIpc) is 2.54. The standard InChI is InChI=1S/C21H22N2/c1-21(2,3)20-17(13-22)15-23(14-16-9-5-4-6-10-16)19-12-8-7-11-18(19)20/h4-12,15,20H,14H2,1-3H3. The smallest absolute Gasteiger partial charge is 0.0969 e. The Morgan fingerprint density at radius 2 is 1.65 bits per heavy atom. The van der Waals surface area contributed by atoms with E-state index in [1.807, 2.05) is 12.3 Å².